The van der Waals surface area contributed by atoms with E-state index in [-0.39, 0.29) is 11.9 Å². The van der Waals surface area contributed by atoms with E-state index in [9.17, 15) is 4.79 Å². The number of nitrogens with one attached hydrogen (secondary N) is 1. The molecule has 0 unspecified atom stereocenters. The largest absolute Gasteiger partial charge is 0.345 e. The monoisotopic (exact) mass is 319 g/mol. The van der Waals surface area contributed by atoms with Crippen LogP contribution in [0, 0.1) is 5.92 Å². The molecule has 0 saturated heterocycles. The van der Waals surface area contributed by atoms with E-state index in [1.165, 1.54) is 0 Å². The molecule has 1 atom stereocenters. The van der Waals surface area contributed by atoms with Crippen LogP contribution in [0.3, 0.4) is 0 Å². The van der Waals surface area contributed by atoms with Crippen molar-refractivity contribution in [2.75, 3.05) is 0 Å². The highest BCUT2D eigenvalue weighted by atomic mass is 35.5. The van der Waals surface area contributed by atoms with E-state index < -0.39 is 0 Å². The standard InChI is InChI=1S/C17H15Cl2NO/c18-13-8-9-15(19)14(10-13)17(21)20-16(12-6-7-12)11-4-2-1-3-5-11/h1-5,8-10,12,16H,6-7H2,(H,20,21)/t16-/m0/s1. The Morgan fingerprint density at radius 3 is 2.48 bits per heavy atom. The Hall–Kier alpha value is -1.51. The molecule has 2 nitrogen and oxygen atoms in total. The Bertz CT molecular complexity index is 653. The van der Waals surface area contributed by atoms with Crippen LogP contribution in [-0.4, -0.2) is 5.91 Å². The second-order valence-corrected chi connectivity index (χ2v) is 6.17. The zero-order valence-electron chi connectivity index (χ0n) is 11.4. The summed E-state index contributed by atoms with van der Waals surface area (Å²) in [5.41, 5.74) is 1.55. The maximum Gasteiger partial charge on any atom is 0.253 e. The molecule has 0 aliphatic heterocycles. The molecule has 1 aliphatic carbocycles. The Balaban J connectivity index is 1.83. The zero-order valence-corrected chi connectivity index (χ0v) is 12.9. The van der Waals surface area contributed by atoms with Gasteiger partial charge in [-0.15, -0.1) is 0 Å². The van der Waals surface area contributed by atoms with E-state index >= 15 is 0 Å². The Labute approximate surface area is 134 Å². The molecule has 1 saturated carbocycles. The summed E-state index contributed by atoms with van der Waals surface area (Å²) in [5.74, 6) is 0.331. The van der Waals surface area contributed by atoms with Crippen LogP contribution < -0.4 is 5.32 Å². The van der Waals surface area contributed by atoms with Gasteiger partial charge in [0.15, 0.2) is 0 Å². The number of hydrogen-bond acceptors (Lipinski definition) is 1. The summed E-state index contributed by atoms with van der Waals surface area (Å²) < 4.78 is 0. The molecule has 108 valence electrons. The lowest BCUT2D eigenvalue weighted by atomic mass is 10.0. The summed E-state index contributed by atoms with van der Waals surface area (Å²) >= 11 is 12.0. The summed E-state index contributed by atoms with van der Waals surface area (Å²) in [7, 11) is 0. The van der Waals surface area contributed by atoms with Crippen LogP contribution in [0.1, 0.15) is 34.8 Å². The van der Waals surface area contributed by atoms with Crippen LogP contribution in [0.2, 0.25) is 10.0 Å². The Morgan fingerprint density at radius 2 is 1.81 bits per heavy atom. The average Bonchev–Trinajstić information content (AvgIpc) is 3.32. The first-order valence-electron chi connectivity index (χ1n) is 6.96. The number of hydrogen-bond donors (Lipinski definition) is 1. The lowest BCUT2D eigenvalue weighted by molar-refractivity contribution is 0.0932. The lowest BCUT2D eigenvalue weighted by Crippen LogP contribution is -2.30. The topological polar surface area (TPSA) is 29.1 Å². The van der Waals surface area contributed by atoms with E-state index in [2.05, 4.69) is 5.32 Å². The van der Waals surface area contributed by atoms with Gasteiger partial charge in [0.25, 0.3) is 5.91 Å². The molecule has 0 spiro atoms. The Morgan fingerprint density at radius 1 is 1.10 bits per heavy atom. The number of halogens is 2. The van der Waals surface area contributed by atoms with Crippen LogP contribution in [0.25, 0.3) is 0 Å². The molecule has 1 aliphatic rings. The van der Waals surface area contributed by atoms with Gasteiger partial charge in [0, 0.05) is 5.02 Å². The van der Waals surface area contributed by atoms with Gasteiger partial charge in [0.1, 0.15) is 0 Å². The molecular weight excluding hydrogens is 305 g/mol. The third kappa shape index (κ3) is 3.39. The highest BCUT2D eigenvalue weighted by Gasteiger charge is 2.33. The van der Waals surface area contributed by atoms with E-state index in [4.69, 9.17) is 23.2 Å². The number of carbonyl (C=O) groups is 1. The highest BCUT2D eigenvalue weighted by Crippen LogP contribution is 2.41. The minimum Gasteiger partial charge on any atom is -0.345 e. The van der Waals surface area contributed by atoms with Crippen molar-refractivity contribution in [1.29, 1.82) is 0 Å². The van der Waals surface area contributed by atoms with Crippen LogP contribution in [0.4, 0.5) is 0 Å². The first-order chi connectivity index (χ1) is 10.1. The van der Waals surface area contributed by atoms with Gasteiger partial charge < -0.3 is 5.32 Å². The molecule has 0 radical (unpaired) electrons. The average molecular weight is 320 g/mol. The molecule has 1 amide bonds. The second-order valence-electron chi connectivity index (χ2n) is 5.32. The maximum atomic E-state index is 12.5. The van der Waals surface area contributed by atoms with Crippen molar-refractivity contribution >= 4 is 29.1 Å². The fraction of sp³-hybridized carbons (Fsp3) is 0.235. The summed E-state index contributed by atoms with van der Waals surface area (Å²) in [6.07, 6.45) is 2.28. The van der Waals surface area contributed by atoms with Crippen molar-refractivity contribution in [2.24, 2.45) is 5.92 Å². The van der Waals surface area contributed by atoms with Crippen molar-refractivity contribution in [3.8, 4) is 0 Å². The predicted molar refractivity (Wildman–Crippen MR) is 85.8 cm³/mol. The van der Waals surface area contributed by atoms with Gasteiger partial charge in [-0.3, -0.25) is 4.79 Å². The van der Waals surface area contributed by atoms with Crippen molar-refractivity contribution < 1.29 is 4.79 Å². The van der Waals surface area contributed by atoms with E-state index in [0.717, 1.165) is 18.4 Å². The zero-order chi connectivity index (χ0) is 14.8. The number of benzene rings is 2. The van der Waals surface area contributed by atoms with Crippen LogP contribution in [0.15, 0.2) is 48.5 Å². The Kier molecular flexibility index (Phi) is 4.18. The number of carbonyl (C=O) groups excluding carboxylic acids is 1. The molecule has 1 fully saturated rings. The van der Waals surface area contributed by atoms with Gasteiger partial charge in [-0.05, 0) is 42.5 Å². The number of amides is 1. The van der Waals surface area contributed by atoms with Gasteiger partial charge in [0.2, 0.25) is 0 Å². The van der Waals surface area contributed by atoms with E-state index in [0.29, 0.717) is 21.5 Å². The summed E-state index contributed by atoms with van der Waals surface area (Å²) in [6.45, 7) is 0. The van der Waals surface area contributed by atoms with Gasteiger partial charge >= 0.3 is 0 Å². The van der Waals surface area contributed by atoms with Crippen LogP contribution >= 0.6 is 23.2 Å². The minimum absolute atomic E-state index is 0.0359. The summed E-state index contributed by atoms with van der Waals surface area (Å²) in [6, 6.07) is 15.0. The fourth-order valence-electron chi connectivity index (χ4n) is 2.45. The van der Waals surface area contributed by atoms with Crippen molar-refractivity contribution in [2.45, 2.75) is 18.9 Å². The quantitative estimate of drug-likeness (QED) is 0.855. The van der Waals surface area contributed by atoms with E-state index in [1.54, 1.807) is 18.2 Å². The van der Waals surface area contributed by atoms with Crippen LogP contribution in [-0.2, 0) is 0 Å². The van der Waals surface area contributed by atoms with Crippen molar-refractivity contribution in [3.05, 3.63) is 69.7 Å². The van der Waals surface area contributed by atoms with Gasteiger partial charge in [0.05, 0.1) is 16.6 Å². The molecule has 0 aromatic heterocycles. The van der Waals surface area contributed by atoms with E-state index in [1.807, 2.05) is 30.3 Å². The molecule has 0 bridgehead atoms. The van der Waals surface area contributed by atoms with Crippen molar-refractivity contribution in [1.82, 2.24) is 5.32 Å². The maximum absolute atomic E-state index is 12.5. The predicted octanol–water partition coefficient (Wildman–Crippen LogP) is 4.87. The van der Waals surface area contributed by atoms with Crippen LogP contribution in [0.5, 0.6) is 0 Å². The SMILES string of the molecule is O=C(N[C@@H](c1ccccc1)C1CC1)c1cc(Cl)ccc1Cl. The fourth-order valence-corrected chi connectivity index (χ4v) is 2.83. The van der Waals surface area contributed by atoms with Gasteiger partial charge in [-0.1, -0.05) is 53.5 Å². The molecule has 0 heterocycles. The molecular formula is C17H15Cl2NO. The minimum atomic E-state index is -0.178. The number of rotatable bonds is 4. The molecule has 4 heteroatoms. The lowest BCUT2D eigenvalue weighted by Gasteiger charge is -2.19. The highest BCUT2D eigenvalue weighted by molar-refractivity contribution is 6.35. The molecule has 1 N–H and O–H groups in total. The van der Waals surface area contributed by atoms with Gasteiger partial charge in [-0.2, -0.15) is 0 Å². The summed E-state index contributed by atoms with van der Waals surface area (Å²) in [4.78, 5) is 12.5. The normalized spacial score (nSPS) is 15.5. The summed E-state index contributed by atoms with van der Waals surface area (Å²) in [5, 5.41) is 4.02. The first-order valence-corrected chi connectivity index (χ1v) is 7.71. The molecule has 3 rings (SSSR count). The second kappa shape index (κ2) is 6.08. The smallest absolute Gasteiger partial charge is 0.253 e. The molecule has 21 heavy (non-hydrogen) atoms. The van der Waals surface area contributed by atoms with Gasteiger partial charge in [-0.25, -0.2) is 0 Å². The molecule has 2 aromatic rings. The third-order valence-electron chi connectivity index (χ3n) is 3.71. The molecule has 2 aromatic carbocycles. The van der Waals surface area contributed by atoms with Crippen molar-refractivity contribution in [3.63, 3.8) is 0 Å². The third-order valence-corrected chi connectivity index (χ3v) is 4.28. The first kappa shape index (κ1) is 14.4.